The van der Waals surface area contributed by atoms with E-state index in [9.17, 15) is 0 Å². The zero-order chi connectivity index (χ0) is 14.4. The highest BCUT2D eigenvalue weighted by Crippen LogP contribution is 2.18. The van der Waals surface area contributed by atoms with Crippen molar-refractivity contribution in [2.45, 2.75) is 6.42 Å². The first-order chi connectivity index (χ1) is 9.70. The van der Waals surface area contributed by atoms with Gasteiger partial charge in [-0.25, -0.2) is 0 Å². The minimum absolute atomic E-state index is 0.352. The Bertz CT molecular complexity index is 581. The molecule has 20 heavy (non-hydrogen) atoms. The molecule has 0 aliphatic rings. The summed E-state index contributed by atoms with van der Waals surface area (Å²) in [6.07, 6.45) is 0.815. The molecule has 0 aromatic heterocycles. The minimum Gasteiger partial charge on any atom is -0.497 e. The molecule has 4 heteroatoms. The van der Waals surface area contributed by atoms with E-state index in [1.54, 1.807) is 7.11 Å². The second kappa shape index (κ2) is 6.91. The van der Waals surface area contributed by atoms with E-state index in [0.29, 0.717) is 11.6 Å². The largest absolute Gasteiger partial charge is 0.497 e. The SMILES string of the molecule is COc1ccc(CCOc2ccccc2C(N)=S)cc1. The van der Waals surface area contributed by atoms with Crippen LogP contribution >= 0.6 is 12.2 Å². The molecule has 104 valence electrons. The molecular formula is C16H17NO2S. The summed E-state index contributed by atoms with van der Waals surface area (Å²) in [4.78, 5) is 0.352. The topological polar surface area (TPSA) is 44.5 Å². The molecule has 0 fully saturated rings. The molecule has 0 saturated heterocycles. The molecule has 0 saturated carbocycles. The van der Waals surface area contributed by atoms with Gasteiger partial charge in [0.2, 0.25) is 0 Å². The van der Waals surface area contributed by atoms with Crippen molar-refractivity contribution in [2.75, 3.05) is 13.7 Å². The van der Waals surface area contributed by atoms with Crippen LogP contribution in [0.1, 0.15) is 11.1 Å². The van der Waals surface area contributed by atoms with E-state index < -0.39 is 0 Å². The predicted molar refractivity (Wildman–Crippen MR) is 84.5 cm³/mol. The van der Waals surface area contributed by atoms with E-state index in [4.69, 9.17) is 27.4 Å². The maximum absolute atomic E-state index is 5.76. The number of thiocarbonyl (C=S) groups is 1. The molecule has 0 atom stereocenters. The Balaban J connectivity index is 1.94. The third-order valence-corrected chi connectivity index (χ3v) is 3.18. The van der Waals surface area contributed by atoms with Crippen LogP contribution in [-0.2, 0) is 6.42 Å². The van der Waals surface area contributed by atoms with E-state index in [0.717, 1.165) is 23.5 Å². The number of para-hydroxylation sites is 1. The van der Waals surface area contributed by atoms with Crippen LogP contribution in [0.4, 0.5) is 0 Å². The lowest BCUT2D eigenvalue weighted by Gasteiger charge is -2.10. The first kappa shape index (κ1) is 14.3. The van der Waals surface area contributed by atoms with Crippen molar-refractivity contribution in [3.63, 3.8) is 0 Å². The van der Waals surface area contributed by atoms with E-state index in [1.807, 2.05) is 48.5 Å². The number of ether oxygens (including phenoxy) is 2. The Labute approximate surface area is 124 Å². The third kappa shape index (κ3) is 3.71. The van der Waals surface area contributed by atoms with Crippen LogP contribution in [0.2, 0.25) is 0 Å². The van der Waals surface area contributed by atoms with Gasteiger partial charge in [0, 0.05) is 6.42 Å². The van der Waals surface area contributed by atoms with Gasteiger partial charge in [0.25, 0.3) is 0 Å². The van der Waals surface area contributed by atoms with Gasteiger partial charge < -0.3 is 15.2 Å². The van der Waals surface area contributed by atoms with Crippen molar-refractivity contribution >= 4 is 17.2 Å². The van der Waals surface area contributed by atoms with Crippen molar-refractivity contribution in [2.24, 2.45) is 5.73 Å². The maximum atomic E-state index is 5.76. The first-order valence-electron chi connectivity index (χ1n) is 6.35. The molecule has 0 aliphatic carbocycles. The van der Waals surface area contributed by atoms with Gasteiger partial charge in [-0.15, -0.1) is 0 Å². The average molecular weight is 287 g/mol. The fraction of sp³-hybridized carbons (Fsp3) is 0.188. The van der Waals surface area contributed by atoms with Gasteiger partial charge in [-0.3, -0.25) is 0 Å². The zero-order valence-corrected chi connectivity index (χ0v) is 12.2. The lowest BCUT2D eigenvalue weighted by molar-refractivity contribution is 0.321. The molecule has 0 bridgehead atoms. The molecule has 2 N–H and O–H groups in total. The molecule has 2 rings (SSSR count). The Morgan fingerprint density at radius 2 is 1.80 bits per heavy atom. The number of rotatable bonds is 6. The summed E-state index contributed by atoms with van der Waals surface area (Å²) in [5.74, 6) is 1.59. The molecule has 0 unspecified atom stereocenters. The molecule has 0 spiro atoms. The fourth-order valence-corrected chi connectivity index (χ4v) is 2.04. The molecule has 0 heterocycles. The van der Waals surface area contributed by atoms with Gasteiger partial charge in [-0.05, 0) is 29.8 Å². The monoisotopic (exact) mass is 287 g/mol. The summed E-state index contributed by atoms with van der Waals surface area (Å²) in [6.45, 7) is 0.575. The molecule has 2 aromatic rings. The van der Waals surface area contributed by atoms with Crippen LogP contribution in [0.3, 0.4) is 0 Å². The van der Waals surface area contributed by atoms with Crippen molar-refractivity contribution in [3.05, 3.63) is 59.7 Å². The van der Waals surface area contributed by atoms with Crippen LogP contribution < -0.4 is 15.2 Å². The van der Waals surface area contributed by atoms with E-state index in [-0.39, 0.29) is 0 Å². The second-order valence-electron chi connectivity index (χ2n) is 4.31. The van der Waals surface area contributed by atoms with E-state index in [1.165, 1.54) is 5.56 Å². The first-order valence-corrected chi connectivity index (χ1v) is 6.76. The van der Waals surface area contributed by atoms with E-state index >= 15 is 0 Å². The number of hydrogen-bond donors (Lipinski definition) is 1. The highest BCUT2D eigenvalue weighted by molar-refractivity contribution is 7.80. The highest BCUT2D eigenvalue weighted by Gasteiger charge is 2.05. The van der Waals surface area contributed by atoms with E-state index in [2.05, 4.69) is 0 Å². The molecule has 3 nitrogen and oxygen atoms in total. The summed E-state index contributed by atoms with van der Waals surface area (Å²) >= 11 is 5.01. The van der Waals surface area contributed by atoms with Crippen molar-refractivity contribution < 1.29 is 9.47 Å². The Morgan fingerprint density at radius 1 is 1.10 bits per heavy atom. The predicted octanol–water partition coefficient (Wildman–Crippen LogP) is 2.95. The van der Waals surface area contributed by atoms with Gasteiger partial charge in [-0.1, -0.05) is 36.5 Å². The normalized spacial score (nSPS) is 10.1. The van der Waals surface area contributed by atoms with Gasteiger partial charge in [0.1, 0.15) is 16.5 Å². The lowest BCUT2D eigenvalue weighted by Crippen LogP contribution is -2.12. The van der Waals surface area contributed by atoms with Crippen LogP contribution in [0.15, 0.2) is 48.5 Å². The molecule has 0 radical (unpaired) electrons. The third-order valence-electron chi connectivity index (χ3n) is 2.96. The van der Waals surface area contributed by atoms with Crippen molar-refractivity contribution in [1.82, 2.24) is 0 Å². The maximum Gasteiger partial charge on any atom is 0.129 e. The Morgan fingerprint density at radius 3 is 2.45 bits per heavy atom. The summed E-state index contributed by atoms with van der Waals surface area (Å²) in [5, 5.41) is 0. The van der Waals surface area contributed by atoms with Crippen molar-refractivity contribution in [1.29, 1.82) is 0 Å². The second-order valence-corrected chi connectivity index (χ2v) is 4.75. The van der Waals surface area contributed by atoms with Crippen LogP contribution in [0, 0.1) is 0 Å². The smallest absolute Gasteiger partial charge is 0.129 e. The van der Waals surface area contributed by atoms with Crippen molar-refractivity contribution in [3.8, 4) is 11.5 Å². The standard InChI is InChI=1S/C16H17NO2S/c1-18-13-8-6-12(7-9-13)10-11-19-15-5-3-2-4-14(15)16(17)20/h2-9H,10-11H2,1H3,(H2,17,20). The zero-order valence-electron chi connectivity index (χ0n) is 11.3. The fourth-order valence-electron chi connectivity index (χ4n) is 1.87. The quantitative estimate of drug-likeness (QED) is 0.830. The summed E-state index contributed by atoms with van der Waals surface area (Å²) in [6, 6.07) is 15.5. The highest BCUT2D eigenvalue weighted by atomic mass is 32.1. The Kier molecular flexibility index (Phi) is 4.96. The average Bonchev–Trinajstić information content (AvgIpc) is 2.48. The van der Waals surface area contributed by atoms with Crippen LogP contribution in [0.25, 0.3) is 0 Å². The van der Waals surface area contributed by atoms with Gasteiger partial charge in [0.15, 0.2) is 0 Å². The summed E-state index contributed by atoms with van der Waals surface area (Å²) in [5.41, 5.74) is 7.64. The number of methoxy groups -OCH3 is 1. The Hall–Kier alpha value is -2.07. The number of benzene rings is 2. The summed E-state index contributed by atoms with van der Waals surface area (Å²) < 4.78 is 10.9. The minimum atomic E-state index is 0.352. The molecule has 0 aliphatic heterocycles. The van der Waals surface area contributed by atoms with Gasteiger partial charge in [-0.2, -0.15) is 0 Å². The lowest BCUT2D eigenvalue weighted by atomic mass is 10.1. The number of hydrogen-bond acceptors (Lipinski definition) is 3. The van der Waals surface area contributed by atoms with Crippen LogP contribution in [-0.4, -0.2) is 18.7 Å². The van der Waals surface area contributed by atoms with Gasteiger partial charge >= 0.3 is 0 Å². The number of nitrogens with two attached hydrogens (primary N) is 1. The molecular weight excluding hydrogens is 270 g/mol. The van der Waals surface area contributed by atoms with Gasteiger partial charge in [0.05, 0.1) is 19.3 Å². The molecule has 0 amide bonds. The van der Waals surface area contributed by atoms with Crippen LogP contribution in [0.5, 0.6) is 11.5 Å². The summed E-state index contributed by atoms with van der Waals surface area (Å²) in [7, 11) is 1.66. The molecule has 2 aromatic carbocycles.